The Bertz CT molecular complexity index is 917. The SMILES string of the molecule is O=C(NC1CCN(C(=O)c2ccoc2)CC1)c1ccccc1SCC(=O)N1CCCC1. The van der Waals surface area contributed by atoms with Gasteiger partial charge in [-0.3, -0.25) is 14.4 Å². The molecule has 2 aromatic rings. The van der Waals surface area contributed by atoms with E-state index in [2.05, 4.69) is 5.32 Å². The van der Waals surface area contributed by atoms with E-state index in [1.165, 1.54) is 24.3 Å². The molecule has 3 amide bonds. The van der Waals surface area contributed by atoms with Gasteiger partial charge in [0.25, 0.3) is 11.8 Å². The number of hydrogen-bond acceptors (Lipinski definition) is 5. The second-order valence-corrected chi connectivity index (χ2v) is 8.94. The molecular weight excluding hydrogens is 414 g/mol. The van der Waals surface area contributed by atoms with Crippen molar-refractivity contribution in [2.24, 2.45) is 0 Å². The van der Waals surface area contributed by atoms with E-state index in [4.69, 9.17) is 4.42 Å². The number of carbonyl (C=O) groups is 3. The first-order valence-corrected chi connectivity index (χ1v) is 11.7. The van der Waals surface area contributed by atoms with Crippen LogP contribution in [-0.4, -0.2) is 65.5 Å². The summed E-state index contributed by atoms with van der Waals surface area (Å²) in [4.78, 5) is 42.2. The number of nitrogens with one attached hydrogen (secondary N) is 1. The lowest BCUT2D eigenvalue weighted by Gasteiger charge is -2.32. The van der Waals surface area contributed by atoms with Crippen LogP contribution in [0.15, 0.2) is 52.2 Å². The fourth-order valence-corrected chi connectivity index (χ4v) is 4.99. The van der Waals surface area contributed by atoms with Gasteiger partial charge in [-0.1, -0.05) is 12.1 Å². The summed E-state index contributed by atoms with van der Waals surface area (Å²) >= 11 is 1.42. The lowest BCUT2D eigenvalue weighted by atomic mass is 10.0. The molecule has 31 heavy (non-hydrogen) atoms. The van der Waals surface area contributed by atoms with Gasteiger partial charge < -0.3 is 19.5 Å². The third-order valence-electron chi connectivity index (χ3n) is 5.83. The first kappa shape index (κ1) is 21.5. The van der Waals surface area contributed by atoms with Crippen LogP contribution in [0.25, 0.3) is 0 Å². The predicted octanol–water partition coefficient (Wildman–Crippen LogP) is 3.03. The highest BCUT2D eigenvalue weighted by molar-refractivity contribution is 8.00. The molecular formula is C23H27N3O4S. The Morgan fingerprint density at radius 2 is 1.74 bits per heavy atom. The Balaban J connectivity index is 1.30. The number of carbonyl (C=O) groups excluding carboxylic acids is 3. The zero-order valence-corrected chi connectivity index (χ0v) is 18.2. The topological polar surface area (TPSA) is 82.9 Å². The van der Waals surface area contributed by atoms with E-state index < -0.39 is 0 Å². The molecule has 1 aromatic heterocycles. The average molecular weight is 442 g/mol. The molecule has 0 atom stereocenters. The largest absolute Gasteiger partial charge is 0.472 e. The predicted molar refractivity (Wildman–Crippen MR) is 118 cm³/mol. The summed E-state index contributed by atoms with van der Waals surface area (Å²) in [5.41, 5.74) is 1.15. The highest BCUT2D eigenvalue weighted by Gasteiger charge is 2.26. The smallest absolute Gasteiger partial charge is 0.257 e. The molecule has 3 heterocycles. The Hall–Kier alpha value is -2.74. The molecule has 4 rings (SSSR count). The molecule has 0 bridgehead atoms. The number of amides is 3. The van der Waals surface area contributed by atoms with Crippen LogP contribution in [0.1, 0.15) is 46.4 Å². The number of rotatable bonds is 6. The molecule has 0 unspecified atom stereocenters. The standard InChI is InChI=1S/C23H27N3O4S/c27-21(25-10-3-4-11-25)16-31-20-6-2-1-5-19(20)22(28)24-18-7-12-26(13-8-18)23(29)17-9-14-30-15-17/h1-2,5-6,9,14-15,18H,3-4,7-8,10-13,16H2,(H,24,28). The molecule has 2 aliphatic rings. The van der Waals surface area contributed by atoms with Crippen LogP contribution < -0.4 is 5.32 Å². The fraction of sp³-hybridized carbons (Fsp3) is 0.435. The van der Waals surface area contributed by atoms with Gasteiger partial charge in [-0.2, -0.15) is 0 Å². The molecule has 1 N–H and O–H groups in total. The van der Waals surface area contributed by atoms with E-state index in [9.17, 15) is 14.4 Å². The summed E-state index contributed by atoms with van der Waals surface area (Å²) in [5.74, 6) is 0.311. The number of hydrogen-bond donors (Lipinski definition) is 1. The molecule has 2 aliphatic heterocycles. The minimum absolute atomic E-state index is 0.0187. The highest BCUT2D eigenvalue weighted by Crippen LogP contribution is 2.24. The van der Waals surface area contributed by atoms with Crippen molar-refractivity contribution in [3.63, 3.8) is 0 Å². The Labute approximate surface area is 186 Å². The lowest BCUT2D eigenvalue weighted by molar-refractivity contribution is -0.127. The zero-order valence-electron chi connectivity index (χ0n) is 17.4. The van der Waals surface area contributed by atoms with Gasteiger partial charge in [0.1, 0.15) is 6.26 Å². The minimum atomic E-state index is -0.128. The van der Waals surface area contributed by atoms with Gasteiger partial charge in [-0.05, 0) is 43.9 Å². The highest BCUT2D eigenvalue weighted by atomic mass is 32.2. The van der Waals surface area contributed by atoms with Gasteiger partial charge >= 0.3 is 0 Å². The van der Waals surface area contributed by atoms with Crippen LogP contribution in [0.3, 0.4) is 0 Å². The lowest BCUT2D eigenvalue weighted by Crippen LogP contribution is -2.46. The molecule has 164 valence electrons. The summed E-state index contributed by atoms with van der Waals surface area (Å²) < 4.78 is 4.99. The average Bonchev–Trinajstić information content (AvgIpc) is 3.52. The first-order valence-electron chi connectivity index (χ1n) is 10.7. The molecule has 7 nitrogen and oxygen atoms in total. The van der Waals surface area contributed by atoms with E-state index in [0.29, 0.717) is 42.8 Å². The third-order valence-corrected chi connectivity index (χ3v) is 6.89. The Kier molecular flexibility index (Phi) is 6.96. The van der Waals surface area contributed by atoms with Crippen molar-refractivity contribution in [1.82, 2.24) is 15.1 Å². The number of nitrogens with zero attached hydrogens (tertiary/aromatic N) is 2. The maximum absolute atomic E-state index is 12.9. The van der Waals surface area contributed by atoms with Crippen molar-refractivity contribution in [3.05, 3.63) is 54.0 Å². The van der Waals surface area contributed by atoms with Crippen molar-refractivity contribution < 1.29 is 18.8 Å². The van der Waals surface area contributed by atoms with Crippen LogP contribution in [0.2, 0.25) is 0 Å². The number of likely N-dealkylation sites (tertiary alicyclic amines) is 2. The Morgan fingerprint density at radius 3 is 2.45 bits per heavy atom. The summed E-state index contributed by atoms with van der Waals surface area (Å²) in [5, 5.41) is 3.11. The molecule has 1 aromatic carbocycles. The van der Waals surface area contributed by atoms with Crippen molar-refractivity contribution in [2.45, 2.75) is 36.6 Å². The maximum atomic E-state index is 12.9. The van der Waals surface area contributed by atoms with E-state index >= 15 is 0 Å². The van der Waals surface area contributed by atoms with Gasteiger partial charge in [0, 0.05) is 37.1 Å². The zero-order chi connectivity index (χ0) is 21.6. The third kappa shape index (κ3) is 5.31. The molecule has 0 aliphatic carbocycles. The van der Waals surface area contributed by atoms with Gasteiger partial charge in [-0.25, -0.2) is 0 Å². The van der Waals surface area contributed by atoms with Crippen molar-refractivity contribution >= 4 is 29.5 Å². The summed E-state index contributed by atoms with van der Waals surface area (Å²) in [7, 11) is 0. The summed E-state index contributed by atoms with van der Waals surface area (Å²) in [6.07, 6.45) is 6.51. The van der Waals surface area contributed by atoms with Crippen LogP contribution in [0.4, 0.5) is 0 Å². The number of piperidine rings is 1. The van der Waals surface area contributed by atoms with E-state index in [1.54, 1.807) is 17.0 Å². The summed E-state index contributed by atoms with van der Waals surface area (Å²) in [6, 6.07) is 9.11. The van der Waals surface area contributed by atoms with E-state index in [0.717, 1.165) is 30.8 Å². The maximum Gasteiger partial charge on any atom is 0.257 e. The quantitative estimate of drug-likeness (QED) is 0.697. The Morgan fingerprint density at radius 1 is 1.00 bits per heavy atom. The second-order valence-electron chi connectivity index (χ2n) is 7.92. The second kappa shape index (κ2) is 10.0. The normalized spacial score (nSPS) is 17.0. The van der Waals surface area contributed by atoms with Crippen molar-refractivity contribution in [2.75, 3.05) is 31.9 Å². The van der Waals surface area contributed by atoms with Gasteiger partial charge in [0.05, 0.1) is 23.1 Å². The van der Waals surface area contributed by atoms with Gasteiger partial charge in [0.2, 0.25) is 5.91 Å². The van der Waals surface area contributed by atoms with E-state index in [-0.39, 0.29) is 23.8 Å². The minimum Gasteiger partial charge on any atom is -0.472 e. The number of thioether (sulfide) groups is 1. The monoisotopic (exact) mass is 441 g/mol. The van der Waals surface area contributed by atoms with Gasteiger partial charge in [0.15, 0.2) is 0 Å². The molecule has 2 saturated heterocycles. The van der Waals surface area contributed by atoms with Crippen LogP contribution in [-0.2, 0) is 4.79 Å². The van der Waals surface area contributed by atoms with Crippen LogP contribution in [0.5, 0.6) is 0 Å². The van der Waals surface area contributed by atoms with Gasteiger partial charge in [-0.15, -0.1) is 11.8 Å². The summed E-state index contributed by atoms with van der Waals surface area (Å²) in [6.45, 7) is 2.86. The molecule has 2 fully saturated rings. The molecule has 0 radical (unpaired) electrons. The van der Waals surface area contributed by atoms with Crippen LogP contribution in [0, 0.1) is 0 Å². The van der Waals surface area contributed by atoms with Crippen molar-refractivity contribution in [1.29, 1.82) is 0 Å². The fourth-order valence-electron chi connectivity index (χ4n) is 4.04. The number of benzene rings is 1. The molecule has 0 saturated carbocycles. The van der Waals surface area contributed by atoms with Crippen molar-refractivity contribution in [3.8, 4) is 0 Å². The first-order chi connectivity index (χ1) is 15.1. The molecule has 8 heteroatoms. The number of furan rings is 1. The van der Waals surface area contributed by atoms with Crippen LogP contribution >= 0.6 is 11.8 Å². The van der Waals surface area contributed by atoms with E-state index in [1.807, 2.05) is 23.1 Å². The molecule has 0 spiro atoms.